The Morgan fingerprint density at radius 1 is 1.30 bits per heavy atom. The molecule has 1 heterocycles. The fraction of sp³-hybridized carbons (Fsp3) is 0.533. The quantitative estimate of drug-likeness (QED) is 0.810. The predicted molar refractivity (Wildman–Crippen MR) is 86.1 cm³/mol. The summed E-state index contributed by atoms with van der Waals surface area (Å²) in [5.41, 5.74) is 0.267. The molecule has 1 amide bonds. The van der Waals surface area contributed by atoms with Crippen molar-refractivity contribution in [1.82, 2.24) is 10.0 Å². The van der Waals surface area contributed by atoms with Gasteiger partial charge in [0.05, 0.1) is 11.1 Å². The molecule has 1 aromatic rings. The van der Waals surface area contributed by atoms with Crippen LogP contribution in [0.5, 0.6) is 0 Å². The summed E-state index contributed by atoms with van der Waals surface area (Å²) < 4.78 is 32.6. The third kappa shape index (κ3) is 4.23. The number of rotatable bonds is 6. The number of nitrogens with one attached hydrogen (secondary N) is 2. The van der Waals surface area contributed by atoms with Gasteiger partial charge in [0.25, 0.3) is 5.91 Å². The zero-order valence-electron chi connectivity index (χ0n) is 12.5. The average molecular weight is 359 g/mol. The van der Waals surface area contributed by atoms with Gasteiger partial charge in [0.2, 0.25) is 10.0 Å². The maximum atomic E-state index is 12.3. The number of benzene rings is 1. The molecule has 0 bridgehead atoms. The molecule has 1 atom stereocenters. The topological polar surface area (TPSA) is 84.5 Å². The zero-order chi connectivity index (χ0) is 16.4. The summed E-state index contributed by atoms with van der Waals surface area (Å²) in [7, 11) is -3.70. The lowest BCUT2D eigenvalue weighted by Gasteiger charge is -2.12. The third-order valence-electron chi connectivity index (χ3n) is 3.90. The van der Waals surface area contributed by atoms with Crippen molar-refractivity contribution in [2.24, 2.45) is 0 Å². The normalized spacial score (nSPS) is 21.3. The molecule has 3 rings (SSSR count). The summed E-state index contributed by atoms with van der Waals surface area (Å²) >= 11 is 6.00. The molecule has 2 N–H and O–H groups in total. The number of ether oxygens (including phenoxy) is 1. The molecule has 2 fully saturated rings. The largest absolute Gasteiger partial charge is 0.376 e. The van der Waals surface area contributed by atoms with Crippen molar-refractivity contribution >= 4 is 27.5 Å². The summed E-state index contributed by atoms with van der Waals surface area (Å²) in [6.07, 6.45) is 3.62. The summed E-state index contributed by atoms with van der Waals surface area (Å²) in [5.74, 6) is -0.333. The van der Waals surface area contributed by atoms with Crippen molar-refractivity contribution in [2.75, 3.05) is 13.2 Å². The Kier molecular flexibility index (Phi) is 4.91. The first-order chi connectivity index (χ1) is 11.0. The van der Waals surface area contributed by atoms with Gasteiger partial charge >= 0.3 is 0 Å². The second-order valence-electron chi connectivity index (χ2n) is 5.89. The van der Waals surface area contributed by atoms with Crippen molar-refractivity contribution in [3.05, 3.63) is 28.8 Å². The van der Waals surface area contributed by atoms with Crippen molar-refractivity contribution in [3.63, 3.8) is 0 Å². The molecule has 23 heavy (non-hydrogen) atoms. The van der Waals surface area contributed by atoms with E-state index >= 15 is 0 Å². The van der Waals surface area contributed by atoms with Gasteiger partial charge < -0.3 is 10.1 Å². The van der Waals surface area contributed by atoms with E-state index in [1.165, 1.54) is 18.2 Å². The van der Waals surface area contributed by atoms with E-state index in [0.29, 0.717) is 6.54 Å². The fourth-order valence-corrected chi connectivity index (χ4v) is 4.28. The zero-order valence-corrected chi connectivity index (χ0v) is 14.1. The Hall–Kier alpha value is -1.15. The van der Waals surface area contributed by atoms with E-state index in [1.807, 2.05) is 0 Å². The van der Waals surface area contributed by atoms with Crippen LogP contribution in [-0.2, 0) is 14.8 Å². The maximum absolute atomic E-state index is 12.3. The molecule has 0 spiro atoms. The molecule has 1 saturated carbocycles. The highest BCUT2D eigenvalue weighted by atomic mass is 35.5. The van der Waals surface area contributed by atoms with Crippen LogP contribution in [0.25, 0.3) is 0 Å². The van der Waals surface area contributed by atoms with Crippen LogP contribution in [0.4, 0.5) is 0 Å². The summed E-state index contributed by atoms with van der Waals surface area (Å²) in [6, 6.07) is 4.25. The lowest BCUT2D eigenvalue weighted by Crippen LogP contribution is -2.32. The Labute approximate surface area is 140 Å². The second-order valence-corrected chi connectivity index (χ2v) is 7.98. The van der Waals surface area contributed by atoms with Gasteiger partial charge in [0.15, 0.2) is 0 Å². The molecule has 1 aliphatic heterocycles. The Morgan fingerprint density at radius 2 is 2.09 bits per heavy atom. The van der Waals surface area contributed by atoms with Gasteiger partial charge in [-0.05, 0) is 43.9 Å². The monoisotopic (exact) mass is 358 g/mol. The lowest BCUT2D eigenvalue weighted by molar-refractivity contribution is 0.0857. The molecular weight excluding hydrogens is 340 g/mol. The maximum Gasteiger partial charge on any atom is 0.251 e. The smallest absolute Gasteiger partial charge is 0.251 e. The van der Waals surface area contributed by atoms with E-state index in [-0.39, 0.29) is 33.5 Å². The molecule has 1 saturated heterocycles. The number of sulfonamides is 1. The third-order valence-corrected chi connectivity index (χ3v) is 5.90. The molecule has 2 aliphatic rings. The number of hydrogen-bond donors (Lipinski definition) is 2. The van der Waals surface area contributed by atoms with Crippen LogP contribution in [0.3, 0.4) is 0 Å². The average Bonchev–Trinajstić information content (AvgIpc) is 3.15. The lowest BCUT2D eigenvalue weighted by atomic mass is 10.2. The minimum absolute atomic E-state index is 0.0203. The molecule has 8 heteroatoms. The van der Waals surface area contributed by atoms with Crippen molar-refractivity contribution in [2.45, 2.75) is 42.7 Å². The summed E-state index contributed by atoms with van der Waals surface area (Å²) in [6.45, 7) is 1.14. The highest BCUT2D eigenvalue weighted by molar-refractivity contribution is 7.89. The minimum atomic E-state index is -3.70. The number of carbonyl (C=O) groups is 1. The van der Waals surface area contributed by atoms with E-state index in [1.54, 1.807) is 0 Å². The van der Waals surface area contributed by atoms with Crippen molar-refractivity contribution < 1.29 is 17.9 Å². The molecule has 0 aromatic heterocycles. The Balaban J connectivity index is 1.72. The van der Waals surface area contributed by atoms with E-state index < -0.39 is 10.0 Å². The highest BCUT2D eigenvalue weighted by Gasteiger charge is 2.29. The summed E-state index contributed by atoms with van der Waals surface area (Å²) in [4.78, 5) is 12.1. The first-order valence-corrected chi connectivity index (χ1v) is 9.53. The standard InChI is InChI=1S/C15H19ClN2O4S/c16-13-6-3-10(15(19)17-9-12-2-1-7-22-12)8-14(13)23(20,21)18-11-4-5-11/h3,6,8,11-12,18H,1-2,4-5,7,9H2,(H,17,19)/t12-/m0/s1. The van der Waals surface area contributed by atoms with Gasteiger partial charge in [-0.3, -0.25) is 4.79 Å². The van der Waals surface area contributed by atoms with Gasteiger partial charge in [-0.2, -0.15) is 0 Å². The van der Waals surface area contributed by atoms with Crippen LogP contribution in [0.1, 0.15) is 36.0 Å². The molecule has 6 nitrogen and oxygen atoms in total. The van der Waals surface area contributed by atoms with Crippen LogP contribution < -0.4 is 10.0 Å². The molecule has 1 aliphatic carbocycles. The van der Waals surface area contributed by atoms with E-state index in [9.17, 15) is 13.2 Å². The van der Waals surface area contributed by atoms with Gasteiger partial charge in [0, 0.05) is 24.8 Å². The predicted octanol–water partition coefficient (Wildman–Crippen LogP) is 1.69. The van der Waals surface area contributed by atoms with Gasteiger partial charge in [-0.1, -0.05) is 11.6 Å². The second kappa shape index (κ2) is 6.76. The first kappa shape index (κ1) is 16.7. The number of hydrogen-bond acceptors (Lipinski definition) is 4. The van der Waals surface area contributed by atoms with Crippen molar-refractivity contribution in [1.29, 1.82) is 0 Å². The first-order valence-electron chi connectivity index (χ1n) is 7.67. The molecule has 0 unspecified atom stereocenters. The summed E-state index contributed by atoms with van der Waals surface area (Å²) in [5, 5.41) is 2.88. The minimum Gasteiger partial charge on any atom is -0.376 e. The molecular formula is C15H19ClN2O4S. The number of halogens is 1. The van der Waals surface area contributed by atoms with Crippen molar-refractivity contribution in [3.8, 4) is 0 Å². The Bertz CT molecular complexity index is 697. The number of amides is 1. The van der Waals surface area contributed by atoms with Gasteiger partial charge in [-0.25, -0.2) is 13.1 Å². The number of carbonyl (C=O) groups excluding carboxylic acids is 1. The van der Waals surface area contributed by atoms with Crippen LogP contribution >= 0.6 is 11.6 Å². The highest BCUT2D eigenvalue weighted by Crippen LogP contribution is 2.26. The Morgan fingerprint density at radius 3 is 2.74 bits per heavy atom. The van der Waals surface area contributed by atoms with Gasteiger partial charge in [0.1, 0.15) is 4.90 Å². The van der Waals surface area contributed by atoms with Crippen LogP contribution in [0.15, 0.2) is 23.1 Å². The van der Waals surface area contributed by atoms with Gasteiger partial charge in [-0.15, -0.1) is 0 Å². The van der Waals surface area contributed by atoms with Crippen LogP contribution in [-0.4, -0.2) is 39.6 Å². The SMILES string of the molecule is O=C(NC[C@@H]1CCCO1)c1ccc(Cl)c(S(=O)(=O)NC2CC2)c1. The van der Waals surface area contributed by atoms with Crippen LogP contribution in [0.2, 0.25) is 5.02 Å². The fourth-order valence-electron chi connectivity index (χ4n) is 2.45. The molecule has 1 aromatic carbocycles. The van der Waals surface area contributed by atoms with Crippen LogP contribution in [0, 0.1) is 0 Å². The van der Waals surface area contributed by atoms with E-state index in [2.05, 4.69) is 10.0 Å². The molecule has 0 radical (unpaired) electrons. The van der Waals surface area contributed by atoms with E-state index in [4.69, 9.17) is 16.3 Å². The van der Waals surface area contributed by atoms with E-state index in [0.717, 1.165) is 32.3 Å². The molecule has 126 valence electrons.